The fourth-order valence-corrected chi connectivity index (χ4v) is 5.09. The van der Waals surface area contributed by atoms with Crippen molar-refractivity contribution in [2.75, 3.05) is 6.61 Å². The average molecular weight is 357 g/mol. The molecule has 1 heterocycles. The van der Waals surface area contributed by atoms with Gasteiger partial charge in [-0.25, -0.2) is 0 Å². The maximum atomic E-state index is 12.9. The van der Waals surface area contributed by atoms with Crippen molar-refractivity contribution in [3.05, 3.63) is 35.4 Å². The van der Waals surface area contributed by atoms with Gasteiger partial charge in [0.1, 0.15) is 6.04 Å². The standard InChI is InChI=1S/C21H31N3O2/c1-21(2)16-9-17(21)11-18(10-16)23-20(25)19-6-7-26-24(19)13-15-5-3-4-14(8-15)12-22/h3-5,8,16-19H,6-7,9-13,22H2,1-2H3,(H,23,25)/t16-,17+,18?,19-/m0/s1. The third-order valence-electron chi connectivity index (χ3n) is 7.02. The van der Waals surface area contributed by atoms with Crippen molar-refractivity contribution in [1.29, 1.82) is 0 Å². The molecule has 1 saturated heterocycles. The zero-order valence-electron chi connectivity index (χ0n) is 15.9. The van der Waals surface area contributed by atoms with E-state index < -0.39 is 0 Å². The Balaban J connectivity index is 1.35. The normalized spacial score (nSPS) is 32.9. The monoisotopic (exact) mass is 357 g/mol. The topological polar surface area (TPSA) is 67.6 Å². The molecule has 1 amide bonds. The van der Waals surface area contributed by atoms with Crippen molar-refractivity contribution in [1.82, 2.24) is 10.4 Å². The highest BCUT2D eigenvalue weighted by Gasteiger charge is 2.53. The van der Waals surface area contributed by atoms with Crippen LogP contribution in [0.3, 0.4) is 0 Å². The molecule has 0 aromatic heterocycles. The number of carbonyl (C=O) groups excluding carboxylic acids is 1. The van der Waals surface area contributed by atoms with Crippen LogP contribution in [0.25, 0.3) is 0 Å². The molecule has 1 unspecified atom stereocenters. The molecule has 1 aliphatic heterocycles. The summed E-state index contributed by atoms with van der Waals surface area (Å²) in [5.41, 5.74) is 8.44. The molecule has 26 heavy (non-hydrogen) atoms. The highest BCUT2D eigenvalue weighted by atomic mass is 16.7. The lowest BCUT2D eigenvalue weighted by atomic mass is 9.48. The van der Waals surface area contributed by atoms with Crippen molar-refractivity contribution in [3.63, 3.8) is 0 Å². The number of hydrogen-bond acceptors (Lipinski definition) is 4. The number of benzene rings is 1. The SMILES string of the molecule is CC1(C)[C@@H]2CC(NC(=O)[C@@H]3CCON3Cc3cccc(CN)c3)C[C@H]1C2. The van der Waals surface area contributed by atoms with Crippen LogP contribution in [0.1, 0.15) is 50.7 Å². The average Bonchev–Trinajstić information content (AvgIpc) is 3.10. The Bertz CT molecular complexity index is 661. The predicted molar refractivity (Wildman–Crippen MR) is 101 cm³/mol. The highest BCUT2D eigenvalue weighted by molar-refractivity contribution is 5.82. The molecule has 4 atom stereocenters. The van der Waals surface area contributed by atoms with Gasteiger partial charge < -0.3 is 11.1 Å². The van der Waals surface area contributed by atoms with Crippen molar-refractivity contribution < 1.29 is 9.63 Å². The minimum atomic E-state index is -0.192. The Morgan fingerprint density at radius 1 is 1.27 bits per heavy atom. The first-order chi connectivity index (χ1) is 12.5. The number of rotatable bonds is 5. The van der Waals surface area contributed by atoms with Crippen molar-refractivity contribution in [2.24, 2.45) is 23.0 Å². The molecular formula is C21H31N3O2. The van der Waals surface area contributed by atoms with E-state index in [9.17, 15) is 4.79 Å². The number of hydrogen-bond donors (Lipinski definition) is 2. The van der Waals surface area contributed by atoms with E-state index >= 15 is 0 Å². The maximum Gasteiger partial charge on any atom is 0.240 e. The molecule has 2 bridgehead atoms. The summed E-state index contributed by atoms with van der Waals surface area (Å²) in [6.45, 7) is 6.52. The molecule has 5 nitrogen and oxygen atoms in total. The molecule has 1 aromatic carbocycles. The number of nitrogens with one attached hydrogen (secondary N) is 1. The summed E-state index contributed by atoms with van der Waals surface area (Å²) in [7, 11) is 0. The van der Waals surface area contributed by atoms with Crippen LogP contribution < -0.4 is 11.1 Å². The quantitative estimate of drug-likeness (QED) is 0.850. The first-order valence-corrected chi connectivity index (χ1v) is 9.95. The lowest BCUT2D eigenvalue weighted by Crippen LogP contribution is -2.57. The van der Waals surface area contributed by atoms with Gasteiger partial charge in [-0.05, 0) is 54.1 Å². The third kappa shape index (κ3) is 3.28. The Kier molecular flexibility index (Phi) is 4.80. The minimum Gasteiger partial charge on any atom is -0.352 e. The highest BCUT2D eigenvalue weighted by Crippen LogP contribution is 2.59. The Hall–Kier alpha value is -1.43. The van der Waals surface area contributed by atoms with Gasteiger partial charge in [0.2, 0.25) is 5.91 Å². The zero-order valence-corrected chi connectivity index (χ0v) is 15.9. The van der Waals surface area contributed by atoms with Crippen LogP contribution in [0.4, 0.5) is 0 Å². The molecule has 0 radical (unpaired) electrons. The van der Waals surface area contributed by atoms with E-state index in [1.54, 1.807) is 0 Å². The number of nitrogens with two attached hydrogens (primary N) is 1. The lowest BCUT2D eigenvalue weighted by molar-refractivity contribution is -0.159. The van der Waals surface area contributed by atoms with Crippen molar-refractivity contribution >= 4 is 5.91 Å². The smallest absolute Gasteiger partial charge is 0.240 e. The van der Waals surface area contributed by atoms with Crippen LogP contribution in [0.15, 0.2) is 24.3 Å². The predicted octanol–water partition coefficient (Wildman–Crippen LogP) is 2.59. The fourth-order valence-electron chi connectivity index (χ4n) is 5.09. The van der Waals surface area contributed by atoms with Crippen LogP contribution in [0.5, 0.6) is 0 Å². The van der Waals surface area contributed by atoms with E-state index in [2.05, 4.69) is 31.3 Å². The Morgan fingerprint density at radius 3 is 2.69 bits per heavy atom. The first-order valence-electron chi connectivity index (χ1n) is 9.95. The second-order valence-electron chi connectivity index (χ2n) is 8.86. The Morgan fingerprint density at radius 2 is 2.00 bits per heavy atom. The van der Waals surface area contributed by atoms with E-state index in [1.807, 2.05) is 17.2 Å². The summed E-state index contributed by atoms with van der Waals surface area (Å²) in [4.78, 5) is 18.6. The summed E-state index contributed by atoms with van der Waals surface area (Å²) in [5, 5.41) is 5.16. The van der Waals surface area contributed by atoms with Crippen LogP contribution in [-0.2, 0) is 22.7 Å². The van der Waals surface area contributed by atoms with E-state index in [-0.39, 0.29) is 11.9 Å². The lowest BCUT2D eigenvalue weighted by Gasteiger charge is -2.59. The van der Waals surface area contributed by atoms with Crippen LogP contribution in [-0.4, -0.2) is 29.7 Å². The molecule has 142 valence electrons. The van der Waals surface area contributed by atoms with Gasteiger partial charge in [-0.2, -0.15) is 5.06 Å². The largest absolute Gasteiger partial charge is 0.352 e. The minimum absolute atomic E-state index is 0.126. The second kappa shape index (κ2) is 6.95. The number of amides is 1. The van der Waals surface area contributed by atoms with Gasteiger partial charge in [0.25, 0.3) is 0 Å². The molecule has 4 aliphatic rings. The number of nitrogens with zero attached hydrogens (tertiary/aromatic N) is 1. The zero-order chi connectivity index (χ0) is 18.3. The summed E-state index contributed by atoms with van der Waals surface area (Å²) in [5.74, 6) is 1.66. The maximum absolute atomic E-state index is 12.9. The molecule has 3 saturated carbocycles. The van der Waals surface area contributed by atoms with Crippen LogP contribution in [0, 0.1) is 17.3 Å². The van der Waals surface area contributed by atoms with Gasteiger partial charge in [0.15, 0.2) is 0 Å². The molecule has 5 heteroatoms. The van der Waals surface area contributed by atoms with E-state index in [0.717, 1.165) is 42.2 Å². The molecule has 4 fully saturated rings. The van der Waals surface area contributed by atoms with Gasteiger partial charge in [0.05, 0.1) is 6.61 Å². The summed E-state index contributed by atoms with van der Waals surface area (Å²) in [6, 6.07) is 8.33. The second-order valence-corrected chi connectivity index (χ2v) is 8.86. The van der Waals surface area contributed by atoms with Crippen molar-refractivity contribution in [3.8, 4) is 0 Å². The summed E-state index contributed by atoms with van der Waals surface area (Å²) >= 11 is 0. The van der Waals surface area contributed by atoms with Gasteiger partial charge in [0, 0.05) is 19.1 Å². The molecule has 3 N–H and O–H groups in total. The van der Waals surface area contributed by atoms with E-state index in [0.29, 0.717) is 31.2 Å². The molecule has 0 spiro atoms. The van der Waals surface area contributed by atoms with Gasteiger partial charge in [-0.1, -0.05) is 38.1 Å². The number of fused-ring (bicyclic) bond motifs is 2. The molecule has 5 rings (SSSR count). The molecule has 3 aliphatic carbocycles. The van der Waals surface area contributed by atoms with Gasteiger partial charge in [-0.15, -0.1) is 0 Å². The summed E-state index contributed by atoms with van der Waals surface area (Å²) < 4.78 is 0. The number of hydroxylamine groups is 2. The Labute approximate surface area is 156 Å². The van der Waals surface area contributed by atoms with Crippen LogP contribution in [0.2, 0.25) is 0 Å². The number of carbonyl (C=O) groups is 1. The van der Waals surface area contributed by atoms with Crippen molar-refractivity contribution in [2.45, 2.75) is 64.7 Å². The molecule has 1 aromatic rings. The van der Waals surface area contributed by atoms with Crippen LogP contribution >= 0.6 is 0 Å². The first kappa shape index (κ1) is 18.0. The van der Waals surface area contributed by atoms with E-state index in [4.69, 9.17) is 10.6 Å². The van der Waals surface area contributed by atoms with E-state index in [1.165, 1.54) is 6.42 Å². The fraction of sp³-hybridized carbons (Fsp3) is 0.667. The third-order valence-corrected chi connectivity index (χ3v) is 7.02. The molecular weight excluding hydrogens is 326 g/mol. The summed E-state index contributed by atoms with van der Waals surface area (Å²) in [6.07, 6.45) is 4.35. The van der Waals surface area contributed by atoms with Gasteiger partial charge in [-0.3, -0.25) is 9.63 Å². The van der Waals surface area contributed by atoms with Gasteiger partial charge >= 0.3 is 0 Å².